The molecule has 2 heteroatoms. The summed E-state index contributed by atoms with van der Waals surface area (Å²) in [4.78, 5) is 0. The summed E-state index contributed by atoms with van der Waals surface area (Å²) >= 11 is 0. The summed E-state index contributed by atoms with van der Waals surface area (Å²) < 4.78 is 0. The van der Waals surface area contributed by atoms with Gasteiger partial charge in [0.15, 0.2) is 0 Å². The molecule has 1 heterocycles. The fourth-order valence-electron chi connectivity index (χ4n) is 1.71. The van der Waals surface area contributed by atoms with Gasteiger partial charge in [-0.1, -0.05) is 18.2 Å². The highest BCUT2D eigenvalue weighted by Gasteiger charge is 2.33. The predicted octanol–water partition coefficient (Wildman–Crippen LogP) is -0.119. The van der Waals surface area contributed by atoms with Crippen molar-refractivity contribution in [3.8, 4) is 0 Å². The van der Waals surface area contributed by atoms with E-state index in [1.54, 1.807) is 5.30 Å². The van der Waals surface area contributed by atoms with Crippen LogP contribution in [-0.2, 0) is 0 Å². The van der Waals surface area contributed by atoms with E-state index in [4.69, 9.17) is 0 Å². The second-order valence-corrected chi connectivity index (χ2v) is 7.30. The lowest BCUT2D eigenvalue weighted by molar-refractivity contribution is -0.00000246. The third-order valence-corrected chi connectivity index (χ3v) is 6.07. The van der Waals surface area contributed by atoms with Gasteiger partial charge in [-0.3, -0.25) is 0 Å². The minimum atomic E-state index is -0.853. The average Bonchev–Trinajstić information content (AvgIpc) is 2.55. The first-order chi connectivity index (χ1) is 5.81. The number of rotatable bonds is 1. The normalized spacial score (nSPS) is 25.6. The molecule has 1 aromatic rings. The molecule has 1 aliphatic rings. The van der Waals surface area contributed by atoms with Gasteiger partial charge in [-0.15, -0.1) is 0 Å². The fourth-order valence-corrected chi connectivity index (χ4v) is 4.44. The Bertz CT molecular complexity index is 294. The number of halogens is 1. The van der Waals surface area contributed by atoms with Crippen LogP contribution in [0.2, 0.25) is 0 Å². The first-order valence-electron chi connectivity index (χ1n) is 4.40. The maximum Gasteiger partial charge on any atom is 0.0982 e. The highest BCUT2D eigenvalue weighted by Crippen LogP contribution is 2.59. The molecule has 13 heavy (non-hydrogen) atoms. The molecule has 1 atom stereocenters. The van der Waals surface area contributed by atoms with Crippen LogP contribution in [0.15, 0.2) is 42.2 Å². The van der Waals surface area contributed by atoms with E-state index in [0.29, 0.717) is 0 Å². The lowest BCUT2D eigenvalue weighted by atomic mass is 10.4. The number of allylic oxidation sites excluding steroid dienone is 1. The van der Waals surface area contributed by atoms with Crippen molar-refractivity contribution in [3.05, 3.63) is 42.2 Å². The Morgan fingerprint density at radius 2 is 1.85 bits per heavy atom. The fraction of sp³-hybridized carbons (Fsp3) is 0.273. The maximum absolute atomic E-state index is 2.45. The molecule has 0 saturated heterocycles. The van der Waals surface area contributed by atoms with Gasteiger partial charge < -0.3 is 24.0 Å². The van der Waals surface area contributed by atoms with Crippen LogP contribution >= 0.6 is 7.26 Å². The molecule has 1 unspecified atom stereocenters. The van der Waals surface area contributed by atoms with Crippen LogP contribution in [0.1, 0.15) is 6.42 Å². The minimum Gasteiger partial charge on any atom is -1.00 e. The Morgan fingerprint density at radius 1 is 1.15 bits per heavy atom. The van der Waals surface area contributed by atoms with Gasteiger partial charge in [-0.25, -0.2) is 0 Å². The van der Waals surface area contributed by atoms with Crippen molar-refractivity contribution in [3.63, 3.8) is 0 Å². The first kappa shape index (κ1) is 11.2. The quantitative estimate of drug-likeness (QED) is 0.501. The van der Waals surface area contributed by atoms with Gasteiger partial charge in [-0.2, -0.15) is 0 Å². The molecule has 2 rings (SSSR count). The van der Waals surface area contributed by atoms with Crippen LogP contribution in [0, 0.1) is 0 Å². The van der Waals surface area contributed by atoms with E-state index in [-0.39, 0.29) is 24.0 Å². The highest BCUT2D eigenvalue weighted by molar-refractivity contribution is 7.85. The van der Waals surface area contributed by atoms with Crippen LogP contribution in [0.4, 0.5) is 0 Å². The van der Waals surface area contributed by atoms with Gasteiger partial charge in [-0.05, 0) is 18.2 Å². The van der Waals surface area contributed by atoms with Crippen molar-refractivity contribution >= 4 is 12.6 Å². The van der Waals surface area contributed by atoms with Crippen molar-refractivity contribution in [1.82, 2.24) is 0 Å². The number of benzene rings is 1. The molecule has 0 spiro atoms. The Hall–Kier alpha value is 0.120. The van der Waals surface area contributed by atoms with Gasteiger partial charge in [0.2, 0.25) is 0 Å². The summed E-state index contributed by atoms with van der Waals surface area (Å²) in [6.07, 6.45) is 4.98. The molecule has 1 aromatic carbocycles. The summed E-state index contributed by atoms with van der Waals surface area (Å²) in [6.45, 7) is 2.42. The molecular weight excluding hydrogens is 290 g/mol. The Kier molecular flexibility index (Phi) is 3.93. The lowest BCUT2D eigenvalue weighted by Gasteiger charge is -2.13. The van der Waals surface area contributed by atoms with Crippen LogP contribution in [0.3, 0.4) is 0 Å². The van der Waals surface area contributed by atoms with Crippen LogP contribution in [-0.4, -0.2) is 12.8 Å². The molecule has 0 fully saturated rings. The smallest absolute Gasteiger partial charge is 0.0982 e. The van der Waals surface area contributed by atoms with E-state index in [9.17, 15) is 0 Å². The van der Waals surface area contributed by atoms with Crippen LogP contribution < -0.4 is 29.3 Å². The third-order valence-electron chi connectivity index (χ3n) is 2.54. The van der Waals surface area contributed by atoms with Gasteiger partial charge in [0, 0.05) is 6.42 Å². The lowest BCUT2D eigenvalue weighted by Crippen LogP contribution is -3.00. The summed E-state index contributed by atoms with van der Waals surface area (Å²) in [7, 11) is -0.853. The predicted molar refractivity (Wildman–Crippen MR) is 57.5 cm³/mol. The van der Waals surface area contributed by atoms with E-state index < -0.39 is 7.26 Å². The minimum absolute atomic E-state index is 0. The van der Waals surface area contributed by atoms with Gasteiger partial charge in [0.25, 0.3) is 0 Å². The second-order valence-electron chi connectivity index (χ2n) is 3.50. The summed E-state index contributed by atoms with van der Waals surface area (Å²) in [6, 6.07) is 10.9. The first-order valence-corrected chi connectivity index (χ1v) is 6.89. The molecular formula is C11H14IP. The summed E-state index contributed by atoms with van der Waals surface area (Å²) in [5.74, 6) is 2.45. The zero-order valence-corrected chi connectivity index (χ0v) is 10.8. The molecule has 0 N–H and O–H groups in total. The molecule has 0 nitrogen and oxygen atoms in total. The van der Waals surface area contributed by atoms with E-state index in [0.717, 1.165) is 0 Å². The topological polar surface area (TPSA) is 0 Å². The van der Waals surface area contributed by atoms with E-state index in [2.05, 4.69) is 48.9 Å². The average molecular weight is 304 g/mol. The highest BCUT2D eigenvalue weighted by atomic mass is 127. The van der Waals surface area contributed by atoms with Crippen molar-refractivity contribution in [2.24, 2.45) is 0 Å². The van der Waals surface area contributed by atoms with Crippen molar-refractivity contribution in [2.45, 2.75) is 6.42 Å². The Labute approximate surface area is 97.8 Å². The number of hydrogen-bond donors (Lipinski definition) is 0. The molecule has 70 valence electrons. The van der Waals surface area contributed by atoms with Crippen molar-refractivity contribution in [2.75, 3.05) is 12.8 Å². The van der Waals surface area contributed by atoms with Crippen molar-refractivity contribution in [1.29, 1.82) is 0 Å². The molecule has 1 aliphatic heterocycles. The molecule has 0 amide bonds. The van der Waals surface area contributed by atoms with Gasteiger partial charge in [0.1, 0.15) is 0 Å². The molecule has 0 radical (unpaired) electrons. The SMILES string of the molecule is C[P+]1(c2ccccc2)C=CCC1.[I-]. The molecule has 0 bridgehead atoms. The molecule has 0 aromatic heterocycles. The summed E-state index contributed by atoms with van der Waals surface area (Å²) in [5.41, 5.74) is 0. The van der Waals surface area contributed by atoms with Crippen LogP contribution in [0.5, 0.6) is 0 Å². The second kappa shape index (κ2) is 4.56. The van der Waals surface area contributed by atoms with Crippen LogP contribution in [0.25, 0.3) is 0 Å². The van der Waals surface area contributed by atoms with E-state index >= 15 is 0 Å². The number of hydrogen-bond acceptors (Lipinski definition) is 0. The zero-order valence-electron chi connectivity index (χ0n) is 7.78. The zero-order chi connectivity index (χ0) is 8.44. The summed E-state index contributed by atoms with van der Waals surface area (Å²) in [5, 5.41) is 1.55. The van der Waals surface area contributed by atoms with E-state index in [1.165, 1.54) is 12.6 Å². The van der Waals surface area contributed by atoms with Gasteiger partial charge in [0.05, 0.1) is 31.2 Å². The largest absolute Gasteiger partial charge is 1.00 e. The van der Waals surface area contributed by atoms with E-state index in [1.807, 2.05) is 0 Å². The standard InChI is InChI=1S/C11H14P.HI/c1-12(9-5-6-10-12)11-7-3-2-4-8-11;/h2-5,7-9H,6,10H2,1H3;1H/q+1;/p-1. The maximum atomic E-state index is 2.45. The third kappa shape index (κ3) is 2.32. The van der Waals surface area contributed by atoms with Crippen molar-refractivity contribution < 1.29 is 24.0 Å². The monoisotopic (exact) mass is 304 g/mol. The molecule has 0 saturated carbocycles. The van der Waals surface area contributed by atoms with Gasteiger partial charge >= 0.3 is 0 Å². The molecule has 0 aliphatic carbocycles. The Balaban J connectivity index is 0.000000845. The Morgan fingerprint density at radius 3 is 2.38 bits per heavy atom.